The van der Waals surface area contributed by atoms with E-state index in [-0.39, 0.29) is 10.5 Å². The van der Waals surface area contributed by atoms with E-state index in [1.807, 2.05) is 6.92 Å². The Balaban J connectivity index is 2.02. The number of halogens is 2. The molecule has 0 saturated carbocycles. The van der Waals surface area contributed by atoms with Crippen molar-refractivity contribution in [2.45, 2.75) is 23.5 Å². The third-order valence-electron chi connectivity index (χ3n) is 4.68. The van der Waals surface area contributed by atoms with Crippen molar-refractivity contribution in [2.75, 3.05) is 0 Å². The van der Waals surface area contributed by atoms with Gasteiger partial charge in [0, 0.05) is 27.0 Å². The maximum atomic E-state index is 13.3. The summed E-state index contributed by atoms with van der Waals surface area (Å²) < 4.78 is 27.4. The summed E-state index contributed by atoms with van der Waals surface area (Å²) in [7, 11) is -4.09. The first-order chi connectivity index (χ1) is 14.2. The third kappa shape index (κ3) is 5.06. The summed E-state index contributed by atoms with van der Waals surface area (Å²) in [6, 6.07) is 18.8. The van der Waals surface area contributed by atoms with Crippen LogP contribution in [0, 0.1) is 6.92 Å². The molecule has 0 saturated heterocycles. The zero-order valence-corrected chi connectivity index (χ0v) is 19.2. The third-order valence-corrected chi connectivity index (χ3v) is 7.52. The SMILES string of the molecule is Cc1ccc(S(=O)(=O)[C@H](CC(=O)c2ccc(Cl)cc2)C(=O)c2ccc(Br)cc2)cc1. The van der Waals surface area contributed by atoms with Gasteiger partial charge in [0.1, 0.15) is 5.25 Å². The molecule has 0 N–H and O–H groups in total. The van der Waals surface area contributed by atoms with Crippen LogP contribution in [-0.2, 0) is 9.84 Å². The number of ketones is 2. The van der Waals surface area contributed by atoms with Gasteiger partial charge < -0.3 is 0 Å². The smallest absolute Gasteiger partial charge is 0.189 e. The summed E-state index contributed by atoms with van der Waals surface area (Å²) in [5, 5.41) is -1.08. The predicted molar refractivity (Wildman–Crippen MR) is 121 cm³/mol. The minimum Gasteiger partial charge on any atom is -0.294 e. The summed E-state index contributed by atoms with van der Waals surface area (Å²) in [5.41, 5.74) is 1.41. The van der Waals surface area contributed by atoms with Gasteiger partial charge in [-0.3, -0.25) is 9.59 Å². The lowest BCUT2D eigenvalue weighted by Gasteiger charge is -2.17. The Hall–Kier alpha value is -2.28. The molecule has 0 aliphatic carbocycles. The van der Waals surface area contributed by atoms with E-state index >= 15 is 0 Å². The fourth-order valence-corrected chi connectivity index (χ4v) is 4.98. The second-order valence-corrected chi connectivity index (χ2v) is 10.3. The fourth-order valence-electron chi connectivity index (χ4n) is 2.96. The van der Waals surface area contributed by atoms with E-state index in [1.165, 1.54) is 36.4 Å². The Morgan fingerprint density at radius 3 is 1.97 bits per heavy atom. The molecule has 30 heavy (non-hydrogen) atoms. The highest BCUT2D eigenvalue weighted by Crippen LogP contribution is 2.25. The number of aryl methyl sites for hydroxylation is 1. The van der Waals surface area contributed by atoms with Gasteiger partial charge in [0.2, 0.25) is 0 Å². The normalized spacial score (nSPS) is 12.4. The van der Waals surface area contributed by atoms with Gasteiger partial charge in [-0.1, -0.05) is 57.4 Å². The van der Waals surface area contributed by atoms with E-state index in [4.69, 9.17) is 11.6 Å². The van der Waals surface area contributed by atoms with Crippen molar-refractivity contribution >= 4 is 48.9 Å². The lowest BCUT2D eigenvalue weighted by molar-refractivity contribution is 0.0920. The largest absolute Gasteiger partial charge is 0.294 e. The number of hydrogen-bond acceptors (Lipinski definition) is 4. The maximum Gasteiger partial charge on any atom is 0.189 e. The monoisotopic (exact) mass is 504 g/mol. The van der Waals surface area contributed by atoms with E-state index in [0.717, 1.165) is 10.0 Å². The van der Waals surface area contributed by atoms with Crippen LogP contribution in [0.25, 0.3) is 0 Å². The van der Waals surface area contributed by atoms with E-state index in [9.17, 15) is 18.0 Å². The van der Waals surface area contributed by atoms with E-state index in [1.54, 1.807) is 36.4 Å². The molecule has 0 aliphatic rings. The summed E-state index contributed by atoms with van der Waals surface area (Å²) in [5.74, 6) is -1.07. The van der Waals surface area contributed by atoms with Crippen molar-refractivity contribution in [2.24, 2.45) is 0 Å². The van der Waals surface area contributed by atoms with Gasteiger partial charge in [-0.2, -0.15) is 0 Å². The zero-order valence-electron chi connectivity index (χ0n) is 16.0. The molecule has 0 heterocycles. The van der Waals surface area contributed by atoms with Crippen molar-refractivity contribution in [3.63, 3.8) is 0 Å². The highest BCUT2D eigenvalue weighted by molar-refractivity contribution is 9.10. The summed E-state index contributed by atoms with van der Waals surface area (Å²) >= 11 is 9.16. The molecule has 0 aromatic heterocycles. The first-order valence-corrected chi connectivity index (χ1v) is 11.8. The van der Waals surface area contributed by atoms with Gasteiger partial charge in [0.25, 0.3) is 0 Å². The molecule has 0 spiro atoms. The molecule has 4 nitrogen and oxygen atoms in total. The molecule has 0 amide bonds. The first-order valence-electron chi connectivity index (χ1n) is 9.07. The van der Waals surface area contributed by atoms with Crippen LogP contribution in [0.3, 0.4) is 0 Å². The standard InChI is InChI=1S/C23H18BrClO4S/c1-15-2-12-20(13-3-15)30(28,29)22(23(27)17-4-8-18(24)9-5-17)14-21(26)16-6-10-19(25)11-7-16/h2-13,22H,14H2,1H3/t22-/m1/s1. The summed E-state index contributed by atoms with van der Waals surface area (Å²) in [6.45, 7) is 1.84. The number of rotatable bonds is 7. The molecule has 154 valence electrons. The minimum absolute atomic E-state index is 0.00691. The van der Waals surface area contributed by atoms with Crippen molar-refractivity contribution in [3.05, 3.63) is 99.0 Å². The van der Waals surface area contributed by atoms with Crippen molar-refractivity contribution < 1.29 is 18.0 Å². The molecule has 0 aliphatic heterocycles. The Morgan fingerprint density at radius 1 is 0.867 bits per heavy atom. The number of sulfone groups is 1. The van der Waals surface area contributed by atoms with Crippen molar-refractivity contribution in [1.82, 2.24) is 0 Å². The Labute approximate surface area is 188 Å². The number of benzene rings is 3. The lowest BCUT2D eigenvalue weighted by atomic mass is 10.0. The van der Waals surface area contributed by atoms with E-state index < -0.39 is 33.1 Å². The number of Topliss-reactive ketones (excluding diaryl/α,β-unsaturated/α-hetero) is 2. The first kappa shape index (κ1) is 22.4. The highest BCUT2D eigenvalue weighted by Gasteiger charge is 2.36. The Bertz CT molecular complexity index is 1170. The van der Waals surface area contributed by atoms with Crippen LogP contribution in [0.4, 0.5) is 0 Å². The van der Waals surface area contributed by atoms with Gasteiger partial charge in [-0.15, -0.1) is 0 Å². The fraction of sp³-hybridized carbons (Fsp3) is 0.130. The highest BCUT2D eigenvalue weighted by atomic mass is 79.9. The van der Waals surface area contributed by atoms with Crippen LogP contribution < -0.4 is 0 Å². The molecule has 3 aromatic carbocycles. The number of hydrogen-bond donors (Lipinski definition) is 0. The van der Waals surface area contributed by atoms with Gasteiger partial charge in [-0.25, -0.2) is 8.42 Å². The van der Waals surface area contributed by atoms with Crippen LogP contribution in [0.2, 0.25) is 5.02 Å². The van der Waals surface area contributed by atoms with Gasteiger partial charge >= 0.3 is 0 Å². The quantitative estimate of drug-likeness (QED) is 0.386. The molecule has 3 aromatic rings. The summed E-state index contributed by atoms with van der Waals surface area (Å²) in [4.78, 5) is 26.0. The van der Waals surface area contributed by atoms with Gasteiger partial charge in [-0.05, 0) is 55.5 Å². The topological polar surface area (TPSA) is 68.3 Å². The van der Waals surface area contributed by atoms with E-state index in [2.05, 4.69) is 15.9 Å². The molecule has 0 fully saturated rings. The molecule has 0 bridgehead atoms. The molecule has 0 unspecified atom stereocenters. The van der Waals surface area contributed by atoms with Crippen LogP contribution in [-0.4, -0.2) is 25.2 Å². The Morgan fingerprint density at radius 2 is 1.40 bits per heavy atom. The van der Waals surface area contributed by atoms with Crippen LogP contribution in [0.1, 0.15) is 32.7 Å². The van der Waals surface area contributed by atoms with Crippen molar-refractivity contribution in [3.8, 4) is 0 Å². The molecule has 1 atom stereocenters. The van der Waals surface area contributed by atoms with Crippen LogP contribution in [0.15, 0.2) is 82.2 Å². The molecule has 7 heteroatoms. The average Bonchev–Trinajstić information content (AvgIpc) is 2.72. The zero-order chi connectivity index (χ0) is 21.9. The predicted octanol–water partition coefficient (Wildman–Crippen LogP) is 5.71. The van der Waals surface area contributed by atoms with Crippen molar-refractivity contribution in [1.29, 1.82) is 0 Å². The molecule has 0 radical (unpaired) electrons. The minimum atomic E-state index is -4.09. The molecular weight excluding hydrogens is 488 g/mol. The van der Waals surface area contributed by atoms with Gasteiger partial charge in [0.05, 0.1) is 4.90 Å². The van der Waals surface area contributed by atoms with Crippen LogP contribution in [0.5, 0.6) is 0 Å². The second-order valence-electron chi connectivity index (χ2n) is 6.85. The Kier molecular flexibility index (Phi) is 6.91. The number of carbonyl (C=O) groups excluding carboxylic acids is 2. The molecular formula is C23H18BrClO4S. The number of carbonyl (C=O) groups is 2. The van der Waals surface area contributed by atoms with E-state index in [0.29, 0.717) is 10.6 Å². The second kappa shape index (κ2) is 9.25. The average molecular weight is 506 g/mol. The summed E-state index contributed by atoms with van der Waals surface area (Å²) in [6.07, 6.45) is -0.466. The lowest BCUT2D eigenvalue weighted by Crippen LogP contribution is -2.33. The van der Waals surface area contributed by atoms with Gasteiger partial charge in [0.15, 0.2) is 21.4 Å². The maximum absolute atomic E-state index is 13.3. The van der Waals surface area contributed by atoms with Crippen LogP contribution >= 0.6 is 27.5 Å². The molecule has 3 rings (SSSR count).